The highest BCUT2D eigenvalue weighted by Gasteiger charge is 2.02. The van der Waals surface area contributed by atoms with Crippen LogP contribution in [0.1, 0.15) is 16.8 Å². The van der Waals surface area contributed by atoms with E-state index in [1.807, 2.05) is 12.3 Å². The van der Waals surface area contributed by atoms with Gasteiger partial charge in [-0.05, 0) is 43.2 Å². The van der Waals surface area contributed by atoms with Crippen molar-refractivity contribution < 1.29 is 0 Å². The van der Waals surface area contributed by atoms with Crippen LogP contribution < -0.4 is 5.73 Å². The number of aromatic nitrogens is 1. The minimum atomic E-state index is 0.494. The van der Waals surface area contributed by atoms with Gasteiger partial charge in [0, 0.05) is 22.5 Å². The summed E-state index contributed by atoms with van der Waals surface area (Å²) in [5.74, 6) is 0. The highest BCUT2D eigenvalue weighted by molar-refractivity contribution is 7.99. The van der Waals surface area contributed by atoms with E-state index >= 15 is 0 Å². The Morgan fingerprint density at radius 3 is 2.65 bits per heavy atom. The SMILES string of the molecule is Cc1ccc(C)c(Sc2ccc(CN)nc2)c1. The maximum atomic E-state index is 5.53. The average Bonchev–Trinajstić information content (AvgIpc) is 2.35. The molecule has 2 rings (SSSR count). The quantitative estimate of drug-likeness (QED) is 0.900. The molecule has 2 nitrogen and oxygen atoms in total. The van der Waals surface area contributed by atoms with Crippen molar-refractivity contribution in [3.05, 3.63) is 53.3 Å². The number of hydrogen-bond donors (Lipinski definition) is 1. The first-order chi connectivity index (χ1) is 8.19. The number of pyridine rings is 1. The summed E-state index contributed by atoms with van der Waals surface area (Å²) in [4.78, 5) is 6.73. The number of benzene rings is 1. The van der Waals surface area contributed by atoms with Crippen molar-refractivity contribution >= 4 is 11.8 Å². The molecule has 88 valence electrons. The van der Waals surface area contributed by atoms with Crippen molar-refractivity contribution in [2.75, 3.05) is 0 Å². The molecule has 0 unspecified atom stereocenters. The van der Waals surface area contributed by atoms with E-state index in [-0.39, 0.29) is 0 Å². The Balaban J connectivity index is 2.22. The van der Waals surface area contributed by atoms with E-state index in [1.165, 1.54) is 16.0 Å². The Kier molecular flexibility index (Phi) is 3.82. The molecular formula is C14H16N2S. The second kappa shape index (κ2) is 5.34. The first kappa shape index (κ1) is 12.1. The Morgan fingerprint density at radius 2 is 2.00 bits per heavy atom. The molecule has 0 spiro atoms. The zero-order valence-electron chi connectivity index (χ0n) is 10.1. The van der Waals surface area contributed by atoms with E-state index in [0.717, 1.165) is 10.6 Å². The average molecular weight is 244 g/mol. The fraction of sp³-hybridized carbons (Fsp3) is 0.214. The van der Waals surface area contributed by atoms with Crippen LogP contribution in [0.2, 0.25) is 0 Å². The van der Waals surface area contributed by atoms with Crippen LogP contribution in [-0.4, -0.2) is 4.98 Å². The van der Waals surface area contributed by atoms with Crippen molar-refractivity contribution in [2.45, 2.75) is 30.2 Å². The second-order valence-corrected chi connectivity index (χ2v) is 5.18. The highest BCUT2D eigenvalue weighted by atomic mass is 32.2. The van der Waals surface area contributed by atoms with Gasteiger partial charge in [-0.1, -0.05) is 23.9 Å². The molecule has 3 heteroatoms. The summed E-state index contributed by atoms with van der Waals surface area (Å²) in [6, 6.07) is 10.5. The third-order valence-electron chi connectivity index (χ3n) is 2.58. The molecule has 0 atom stereocenters. The molecule has 2 aromatic rings. The van der Waals surface area contributed by atoms with Crippen LogP contribution >= 0.6 is 11.8 Å². The zero-order valence-corrected chi connectivity index (χ0v) is 10.9. The molecule has 0 saturated carbocycles. The predicted molar refractivity (Wildman–Crippen MR) is 72.2 cm³/mol. The summed E-state index contributed by atoms with van der Waals surface area (Å²) in [5, 5.41) is 0. The number of aryl methyl sites for hydroxylation is 2. The molecule has 0 aliphatic heterocycles. The monoisotopic (exact) mass is 244 g/mol. The van der Waals surface area contributed by atoms with Crippen molar-refractivity contribution in [3.8, 4) is 0 Å². The van der Waals surface area contributed by atoms with E-state index in [0.29, 0.717) is 6.54 Å². The normalized spacial score (nSPS) is 10.5. The van der Waals surface area contributed by atoms with E-state index in [1.54, 1.807) is 11.8 Å². The smallest absolute Gasteiger partial charge is 0.0540 e. The van der Waals surface area contributed by atoms with Gasteiger partial charge in [0.2, 0.25) is 0 Å². The largest absolute Gasteiger partial charge is 0.325 e. The van der Waals surface area contributed by atoms with Crippen LogP contribution in [0.25, 0.3) is 0 Å². The van der Waals surface area contributed by atoms with Gasteiger partial charge in [0.05, 0.1) is 5.69 Å². The first-order valence-corrected chi connectivity index (χ1v) is 6.41. The molecule has 2 N–H and O–H groups in total. The number of rotatable bonds is 3. The minimum absolute atomic E-state index is 0.494. The molecule has 0 radical (unpaired) electrons. The van der Waals surface area contributed by atoms with Crippen LogP contribution in [0.5, 0.6) is 0 Å². The van der Waals surface area contributed by atoms with Crippen LogP contribution in [-0.2, 0) is 6.54 Å². The first-order valence-electron chi connectivity index (χ1n) is 5.59. The van der Waals surface area contributed by atoms with Gasteiger partial charge in [-0.2, -0.15) is 0 Å². The Bertz CT molecular complexity index is 506. The molecule has 1 heterocycles. The lowest BCUT2D eigenvalue weighted by molar-refractivity contribution is 0.977. The van der Waals surface area contributed by atoms with Crippen LogP contribution in [0.4, 0.5) is 0 Å². The summed E-state index contributed by atoms with van der Waals surface area (Å²) in [6.07, 6.45) is 1.88. The van der Waals surface area contributed by atoms with E-state index < -0.39 is 0 Å². The minimum Gasteiger partial charge on any atom is -0.325 e. The lowest BCUT2D eigenvalue weighted by Crippen LogP contribution is -1.98. The summed E-state index contributed by atoms with van der Waals surface area (Å²) < 4.78 is 0. The maximum Gasteiger partial charge on any atom is 0.0540 e. The van der Waals surface area contributed by atoms with Crippen molar-refractivity contribution in [2.24, 2.45) is 5.73 Å². The van der Waals surface area contributed by atoms with Crippen LogP contribution in [0.15, 0.2) is 46.3 Å². The Hall–Kier alpha value is -1.32. The second-order valence-electron chi connectivity index (χ2n) is 4.06. The van der Waals surface area contributed by atoms with Gasteiger partial charge in [-0.25, -0.2) is 0 Å². The Morgan fingerprint density at radius 1 is 1.18 bits per heavy atom. The van der Waals surface area contributed by atoms with Gasteiger partial charge in [0.15, 0.2) is 0 Å². The molecule has 17 heavy (non-hydrogen) atoms. The topological polar surface area (TPSA) is 38.9 Å². The van der Waals surface area contributed by atoms with Gasteiger partial charge in [0.25, 0.3) is 0 Å². The van der Waals surface area contributed by atoms with Crippen LogP contribution in [0.3, 0.4) is 0 Å². The zero-order chi connectivity index (χ0) is 12.3. The molecule has 1 aromatic carbocycles. The molecule has 0 bridgehead atoms. The fourth-order valence-corrected chi connectivity index (χ4v) is 2.51. The number of nitrogens with zero attached hydrogens (tertiary/aromatic N) is 1. The van der Waals surface area contributed by atoms with Crippen molar-refractivity contribution in [1.29, 1.82) is 0 Å². The number of hydrogen-bond acceptors (Lipinski definition) is 3. The summed E-state index contributed by atoms with van der Waals surface area (Å²) in [6.45, 7) is 4.73. The molecule has 0 fully saturated rings. The number of nitrogens with two attached hydrogens (primary N) is 1. The lowest BCUT2D eigenvalue weighted by Gasteiger charge is -2.06. The van der Waals surface area contributed by atoms with Gasteiger partial charge in [0.1, 0.15) is 0 Å². The van der Waals surface area contributed by atoms with Gasteiger partial charge < -0.3 is 5.73 Å². The molecule has 0 aliphatic rings. The maximum absolute atomic E-state index is 5.53. The summed E-state index contributed by atoms with van der Waals surface area (Å²) in [5.41, 5.74) is 9.03. The van der Waals surface area contributed by atoms with E-state index in [2.05, 4.69) is 43.1 Å². The molecule has 0 amide bonds. The van der Waals surface area contributed by atoms with Gasteiger partial charge in [-0.3, -0.25) is 4.98 Å². The molecule has 0 saturated heterocycles. The van der Waals surface area contributed by atoms with E-state index in [9.17, 15) is 0 Å². The van der Waals surface area contributed by atoms with Crippen molar-refractivity contribution in [3.63, 3.8) is 0 Å². The predicted octanol–water partition coefficient (Wildman–Crippen LogP) is 3.31. The third kappa shape index (κ3) is 3.08. The fourth-order valence-electron chi connectivity index (χ4n) is 1.54. The standard InChI is InChI=1S/C14H16N2S/c1-10-3-4-11(2)14(7-10)17-13-6-5-12(8-15)16-9-13/h3-7,9H,8,15H2,1-2H3. The molecule has 0 aliphatic carbocycles. The summed E-state index contributed by atoms with van der Waals surface area (Å²) >= 11 is 1.74. The molecular weight excluding hydrogens is 228 g/mol. The summed E-state index contributed by atoms with van der Waals surface area (Å²) in [7, 11) is 0. The lowest BCUT2D eigenvalue weighted by atomic mass is 10.2. The van der Waals surface area contributed by atoms with Crippen molar-refractivity contribution in [1.82, 2.24) is 4.98 Å². The third-order valence-corrected chi connectivity index (χ3v) is 3.72. The molecule has 1 aromatic heterocycles. The Labute approximate surface area is 106 Å². The highest BCUT2D eigenvalue weighted by Crippen LogP contribution is 2.30. The van der Waals surface area contributed by atoms with Gasteiger partial charge >= 0.3 is 0 Å². The van der Waals surface area contributed by atoms with E-state index in [4.69, 9.17) is 5.73 Å². The van der Waals surface area contributed by atoms with Gasteiger partial charge in [-0.15, -0.1) is 0 Å². The van der Waals surface area contributed by atoms with Crippen LogP contribution in [0, 0.1) is 13.8 Å².